The van der Waals surface area contributed by atoms with Gasteiger partial charge in [-0.15, -0.1) is 0 Å². The van der Waals surface area contributed by atoms with Gasteiger partial charge in [-0.25, -0.2) is 0 Å². The highest BCUT2D eigenvalue weighted by molar-refractivity contribution is 5.78. The van der Waals surface area contributed by atoms with Crippen LogP contribution in [0.4, 0.5) is 0 Å². The molecular weight excluding hydrogens is 464 g/mol. The molecule has 37 heavy (non-hydrogen) atoms. The lowest BCUT2D eigenvalue weighted by Crippen LogP contribution is -2.40. The summed E-state index contributed by atoms with van der Waals surface area (Å²) >= 11 is 0. The molecule has 1 aliphatic heterocycles. The number of hydrogen-bond donors (Lipinski definition) is 1. The maximum atomic E-state index is 12.7. The molecule has 0 bridgehead atoms. The molecule has 1 N–H and O–H groups in total. The van der Waals surface area contributed by atoms with Gasteiger partial charge in [-0.1, -0.05) is 62.3 Å². The Hall–Kier alpha value is -3.19. The fourth-order valence-corrected chi connectivity index (χ4v) is 4.67. The smallest absolute Gasteiger partial charge is 0.241 e. The van der Waals surface area contributed by atoms with Crippen LogP contribution in [0.15, 0.2) is 53.1 Å². The first-order valence-corrected chi connectivity index (χ1v) is 13.5. The number of carbonyl (C=O) groups excluding carboxylic acids is 1. The fourth-order valence-electron chi connectivity index (χ4n) is 4.67. The summed E-state index contributed by atoms with van der Waals surface area (Å²) in [7, 11) is 0. The third-order valence-corrected chi connectivity index (χ3v) is 6.97. The van der Waals surface area contributed by atoms with Crippen LogP contribution in [0.25, 0.3) is 11.4 Å². The molecule has 4 rings (SSSR count). The van der Waals surface area contributed by atoms with Crippen molar-refractivity contribution in [3.8, 4) is 17.1 Å². The summed E-state index contributed by atoms with van der Waals surface area (Å²) in [6.45, 7) is 12.3. The molecular formula is C30H40N4O3. The molecule has 1 amide bonds. The van der Waals surface area contributed by atoms with Crippen LogP contribution in [0.5, 0.6) is 5.75 Å². The van der Waals surface area contributed by atoms with Gasteiger partial charge < -0.3 is 14.6 Å². The van der Waals surface area contributed by atoms with Gasteiger partial charge in [0.1, 0.15) is 5.75 Å². The summed E-state index contributed by atoms with van der Waals surface area (Å²) in [6, 6.07) is 16.6. The standard InChI is InChI=1S/C30H40N4O3/c1-5-36-26-14-8-22(9-15-26)7-6-18-31-29(35)24-16-19-34(20-17-24)21-27-32-28(33-37-27)23-10-12-25(13-11-23)30(2,3)4/h8-15,24H,5-7,16-21H2,1-4H3,(H,31,35). The van der Waals surface area contributed by atoms with Crippen LogP contribution in [0, 0.1) is 5.92 Å². The van der Waals surface area contributed by atoms with Gasteiger partial charge in [0.25, 0.3) is 0 Å². The minimum absolute atomic E-state index is 0.0707. The zero-order valence-corrected chi connectivity index (χ0v) is 22.6. The maximum absolute atomic E-state index is 12.7. The Morgan fingerprint density at radius 2 is 1.78 bits per heavy atom. The van der Waals surface area contributed by atoms with E-state index in [-0.39, 0.29) is 17.2 Å². The monoisotopic (exact) mass is 504 g/mol. The van der Waals surface area contributed by atoms with Crippen LogP contribution >= 0.6 is 0 Å². The number of amides is 1. The number of benzene rings is 2. The zero-order chi connectivity index (χ0) is 26.3. The number of carbonyl (C=O) groups is 1. The second-order valence-electron chi connectivity index (χ2n) is 10.9. The number of piperidine rings is 1. The lowest BCUT2D eigenvalue weighted by molar-refractivity contribution is -0.126. The van der Waals surface area contributed by atoms with Crippen molar-refractivity contribution < 1.29 is 14.1 Å². The highest BCUT2D eigenvalue weighted by Gasteiger charge is 2.26. The topological polar surface area (TPSA) is 80.5 Å². The van der Waals surface area contributed by atoms with Crippen LogP contribution in [0.1, 0.15) is 64.0 Å². The summed E-state index contributed by atoms with van der Waals surface area (Å²) < 4.78 is 11.0. The van der Waals surface area contributed by atoms with E-state index in [1.807, 2.05) is 19.1 Å². The van der Waals surface area contributed by atoms with Crippen molar-refractivity contribution in [3.63, 3.8) is 0 Å². The molecule has 1 aliphatic rings. The predicted octanol–water partition coefficient (Wildman–Crippen LogP) is 5.39. The van der Waals surface area contributed by atoms with E-state index in [0.717, 1.165) is 50.1 Å². The Kier molecular flexibility index (Phi) is 8.98. The Morgan fingerprint density at radius 1 is 1.08 bits per heavy atom. The van der Waals surface area contributed by atoms with E-state index in [9.17, 15) is 4.79 Å². The number of aromatic nitrogens is 2. The number of nitrogens with one attached hydrogen (secondary N) is 1. The van der Waals surface area contributed by atoms with Gasteiger partial charge in [0, 0.05) is 18.0 Å². The van der Waals surface area contributed by atoms with Gasteiger partial charge in [0.2, 0.25) is 17.6 Å². The van der Waals surface area contributed by atoms with Crippen molar-refractivity contribution >= 4 is 5.91 Å². The normalized spacial score (nSPS) is 15.0. The highest BCUT2D eigenvalue weighted by Crippen LogP contribution is 2.25. The Morgan fingerprint density at radius 3 is 2.43 bits per heavy atom. The van der Waals surface area contributed by atoms with Crippen molar-refractivity contribution in [2.24, 2.45) is 5.92 Å². The minimum Gasteiger partial charge on any atom is -0.494 e. The van der Waals surface area contributed by atoms with Crippen molar-refractivity contribution in [1.29, 1.82) is 0 Å². The average Bonchev–Trinajstić information content (AvgIpc) is 3.36. The summed E-state index contributed by atoms with van der Waals surface area (Å²) in [4.78, 5) is 19.5. The van der Waals surface area contributed by atoms with Gasteiger partial charge in [-0.2, -0.15) is 4.98 Å². The largest absolute Gasteiger partial charge is 0.494 e. The lowest BCUT2D eigenvalue weighted by Gasteiger charge is -2.30. The molecule has 1 fully saturated rings. The summed E-state index contributed by atoms with van der Waals surface area (Å²) in [6.07, 6.45) is 3.56. The second kappa shape index (κ2) is 12.4. The first kappa shape index (κ1) is 26.9. The van der Waals surface area contributed by atoms with E-state index in [1.54, 1.807) is 0 Å². The third-order valence-electron chi connectivity index (χ3n) is 6.97. The maximum Gasteiger partial charge on any atom is 0.241 e. The van der Waals surface area contributed by atoms with Crippen LogP contribution in [0.3, 0.4) is 0 Å². The predicted molar refractivity (Wildman–Crippen MR) is 145 cm³/mol. The summed E-state index contributed by atoms with van der Waals surface area (Å²) in [5, 5.41) is 7.31. The highest BCUT2D eigenvalue weighted by atomic mass is 16.5. The Balaban J connectivity index is 1.16. The van der Waals surface area contributed by atoms with Crippen molar-refractivity contribution in [2.75, 3.05) is 26.2 Å². The number of rotatable bonds is 10. The number of nitrogens with zero attached hydrogens (tertiary/aromatic N) is 3. The molecule has 1 saturated heterocycles. The van der Waals surface area contributed by atoms with Crippen LogP contribution in [-0.2, 0) is 23.2 Å². The van der Waals surface area contributed by atoms with Crippen molar-refractivity contribution in [2.45, 2.75) is 65.3 Å². The quantitative estimate of drug-likeness (QED) is 0.373. The van der Waals surface area contributed by atoms with E-state index in [1.165, 1.54) is 11.1 Å². The number of likely N-dealkylation sites (tertiary alicyclic amines) is 1. The molecule has 1 aromatic heterocycles. The minimum atomic E-state index is 0.0707. The third kappa shape index (κ3) is 7.65. The average molecular weight is 505 g/mol. The molecule has 7 heteroatoms. The molecule has 0 aliphatic carbocycles. The summed E-state index contributed by atoms with van der Waals surface area (Å²) in [5.74, 6) is 2.38. The first-order valence-electron chi connectivity index (χ1n) is 13.5. The molecule has 0 spiro atoms. The van der Waals surface area contributed by atoms with E-state index in [0.29, 0.717) is 31.4 Å². The number of hydrogen-bond acceptors (Lipinski definition) is 6. The molecule has 198 valence electrons. The molecule has 0 saturated carbocycles. The molecule has 2 aromatic carbocycles. The molecule has 0 unspecified atom stereocenters. The van der Waals surface area contributed by atoms with E-state index in [2.05, 4.69) is 77.5 Å². The van der Waals surface area contributed by atoms with Crippen LogP contribution in [-0.4, -0.2) is 47.2 Å². The number of ether oxygens (including phenoxy) is 1. The van der Waals surface area contributed by atoms with Crippen LogP contribution in [0.2, 0.25) is 0 Å². The van der Waals surface area contributed by atoms with E-state index in [4.69, 9.17) is 9.26 Å². The Labute approximate surface area is 220 Å². The van der Waals surface area contributed by atoms with Gasteiger partial charge in [0.15, 0.2) is 0 Å². The molecule has 0 atom stereocenters. The summed E-state index contributed by atoms with van der Waals surface area (Å²) in [5.41, 5.74) is 3.61. The lowest BCUT2D eigenvalue weighted by atomic mass is 9.87. The van der Waals surface area contributed by atoms with Crippen molar-refractivity contribution in [3.05, 3.63) is 65.5 Å². The molecule has 0 radical (unpaired) electrons. The number of aryl methyl sites for hydroxylation is 1. The van der Waals surface area contributed by atoms with Gasteiger partial charge in [0.05, 0.1) is 13.2 Å². The van der Waals surface area contributed by atoms with E-state index < -0.39 is 0 Å². The van der Waals surface area contributed by atoms with Gasteiger partial charge >= 0.3 is 0 Å². The SMILES string of the molecule is CCOc1ccc(CCCNC(=O)C2CCN(Cc3nc(-c4ccc(C(C)(C)C)cc4)no3)CC2)cc1. The fraction of sp³-hybridized carbons (Fsp3) is 0.500. The van der Waals surface area contributed by atoms with E-state index >= 15 is 0 Å². The zero-order valence-electron chi connectivity index (χ0n) is 22.6. The van der Waals surface area contributed by atoms with Gasteiger partial charge in [-0.3, -0.25) is 9.69 Å². The van der Waals surface area contributed by atoms with Gasteiger partial charge in [-0.05, 0) is 74.4 Å². The molecule has 3 aromatic rings. The molecule has 2 heterocycles. The second-order valence-corrected chi connectivity index (χ2v) is 10.9. The Bertz CT molecular complexity index is 1120. The first-order chi connectivity index (χ1) is 17.8. The molecule has 7 nitrogen and oxygen atoms in total. The van der Waals surface area contributed by atoms with Crippen molar-refractivity contribution in [1.82, 2.24) is 20.4 Å². The van der Waals surface area contributed by atoms with Crippen LogP contribution < -0.4 is 10.1 Å².